The lowest BCUT2D eigenvalue weighted by Gasteiger charge is -2.39. The van der Waals surface area contributed by atoms with Gasteiger partial charge in [0.2, 0.25) is 35.4 Å². The van der Waals surface area contributed by atoms with Crippen molar-refractivity contribution in [3.8, 4) is 11.5 Å². The normalized spacial score (nSPS) is 24.0. The van der Waals surface area contributed by atoms with Gasteiger partial charge in [0, 0.05) is 65.4 Å². The Balaban J connectivity index is 1.35. The fourth-order valence-electron chi connectivity index (χ4n) is 11.5. The predicted molar refractivity (Wildman–Crippen MR) is 338 cm³/mol. The summed E-state index contributed by atoms with van der Waals surface area (Å²) >= 11 is 0. The Morgan fingerprint density at radius 1 is 0.736 bits per heavy atom. The highest BCUT2D eigenvalue weighted by Crippen LogP contribution is 2.34. The number of aryl methyl sites for hydroxylation is 1. The number of amides is 6. The second-order valence-electron chi connectivity index (χ2n) is 25.7. The Labute approximate surface area is 534 Å². The first kappa shape index (κ1) is 71.9. The number of aliphatic hydroxyl groups is 1. The van der Waals surface area contributed by atoms with Crippen molar-refractivity contribution in [2.24, 2.45) is 11.3 Å². The molecule has 2 unspecified atom stereocenters. The lowest BCUT2D eigenvalue weighted by molar-refractivity contribution is -0.170. The summed E-state index contributed by atoms with van der Waals surface area (Å²) in [6.45, 7) is 11.8. The zero-order valence-corrected chi connectivity index (χ0v) is 54.8. The van der Waals surface area contributed by atoms with Crippen LogP contribution in [0.25, 0.3) is 0 Å². The number of likely N-dealkylation sites (N-methyl/N-ethyl adjacent to an activating group) is 3. The number of carbonyl (C=O) groups excluding carboxylic acids is 10. The topological polar surface area (TPSA) is 277 Å². The van der Waals surface area contributed by atoms with Gasteiger partial charge in [0.15, 0.2) is 23.5 Å². The average Bonchev–Trinajstić information content (AvgIpc) is 1.95. The molecule has 91 heavy (non-hydrogen) atoms. The minimum absolute atomic E-state index is 0.0647. The number of hydrogen-bond donors (Lipinski definition) is 3. The van der Waals surface area contributed by atoms with Crippen molar-refractivity contribution in [2.75, 3.05) is 66.9 Å². The van der Waals surface area contributed by atoms with Gasteiger partial charge in [-0.1, -0.05) is 74.9 Å². The van der Waals surface area contributed by atoms with Gasteiger partial charge in [-0.05, 0) is 133 Å². The Hall–Kier alpha value is -8.18. The molecule has 6 rings (SSSR count). The quantitative estimate of drug-likeness (QED) is 0.142. The molecule has 2 fully saturated rings. The number of carbonyl (C=O) groups is 10. The van der Waals surface area contributed by atoms with Crippen molar-refractivity contribution in [3.63, 3.8) is 0 Å². The molecular weight excluding hydrogens is 1170 g/mol. The van der Waals surface area contributed by atoms with E-state index in [0.717, 1.165) is 10.5 Å². The van der Waals surface area contributed by atoms with E-state index in [4.69, 9.17) is 23.7 Å². The number of anilines is 1. The Kier molecular flexibility index (Phi) is 25.8. The van der Waals surface area contributed by atoms with Crippen LogP contribution in [0.15, 0.2) is 84.9 Å². The number of ketones is 1. The van der Waals surface area contributed by atoms with Gasteiger partial charge in [-0.25, -0.2) is 4.79 Å². The first-order valence-electron chi connectivity index (χ1n) is 31.3. The highest BCUT2D eigenvalue weighted by atomic mass is 16.6. The zero-order valence-electron chi connectivity index (χ0n) is 54.8. The van der Waals surface area contributed by atoms with E-state index < -0.39 is 132 Å². The number of Topliss-reactive ketones (excluding diaryl/α,β-unsaturated/α-hetero) is 1. The molecule has 2 saturated heterocycles. The summed E-state index contributed by atoms with van der Waals surface area (Å²) in [5, 5.41) is 17.4. The Morgan fingerprint density at radius 3 is 2.09 bits per heavy atom. The molecule has 0 saturated carbocycles. The van der Waals surface area contributed by atoms with Crippen molar-refractivity contribution in [2.45, 2.75) is 174 Å². The minimum Gasteiger partial charge on any atom is -0.493 e. The first-order valence-corrected chi connectivity index (χ1v) is 31.3. The third-order valence-corrected chi connectivity index (χ3v) is 16.6. The smallest absolute Gasteiger partial charge is 0.330 e. The van der Waals surface area contributed by atoms with Crippen molar-refractivity contribution >= 4 is 64.8 Å². The summed E-state index contributed by atoms with van der Waals surface area (Å²) in [5.41, 5.74) is -0.444. The van der Waals surface area contributed by atoms with Gasteiger partial charge >= 0.3 is 17.9 Å². The van der Waals surface area contributed by atoms with Gasteiger partial charge in [0.1, 0.15) is 48.5 Å². The second-order valence-corrected chi connectivity index (χ2v) is 25.7. The van der Waals surface area contributed by atoms with Crippen LogP contribution in [0.2, 0.25) is 0 Å². The molecule has 3 aliphatic heterocycles. The number of benzene rings is 3. The first-order chi connectivity index (χ1) is 43.0. The van der Waals surface area contributed by atoms with Crippen molar-refractivity contribution in [1.82, 2.24) is 29.8 Å². The van der Waals surface area contributed by atoms with Crippen LogP contribution in [-0.4, -0.2) is 186 Å². The monoisotopic (exact) mass is 1260 g/mol. The van der Waals surface area contributed by atoms with E-state index in [-0.39, 0.29) is 64.1 Å². The molecule has 0 radical (unpaired) electrons. The molecule has 23 nitrogen and oxygen atoms in total. The summed E-state index contributed by atoms with van der Waals surface area (Å²) < 4.78 is 28.6. The summed E-state index contributed by atoms with van der Waals surface area (Å²) in [7, 11) is 7.45. The van der Waals surface area contributed by atoms with Gasteiger partial charge < -0.3 is 59.0 Å². The molecular formula is C68H93N7O16. The number of hydrogen-bond acceptors (Lipinski definition) is 17. The summed E-state index contributed by atoms with van der Waals surface area (Å²) in [6, 6.07) is 14.3. The van der Waals surface area contributed by atoms with E-state index in [0.29, 0.717) is 54.0 Å². The van der Waals surface area contributed by atoms with E-state index in [1.807, 2.05) is 26.0 Å². The lowest BCUT2D eigenvalue weighted by atomic mass is 9.86. The molecule has 3 aromatic rings. The summed E-state index contributed by atoms with van der Waals surface area (Å²) in [6.07, 6.45) is 1.69. The fraction of sp³-hybridized carbons (Fsp3) is 0.559. The van der Waals surface area contributed by atoms with E-state index in [1.54, 1.807) is 88.5 Å². The van der Waals surface area contributed by atoms with Crippen LogP contribution < -0.4 is 20.1 Å². The van der Waals surface area contributed by atoms with Crippen LogP contribution >= 0.6 is 0 Å². The number of nitrogens with one attached hydrogen (secondary N) is 2. The number of methoxy groups -OCH3 is 2. The number of nitrogens with zero attached hydrogens (tertiary/aromatic N) is 5. The maximum Gasteiger partial charge on any atom is 0.330 e. The molecule has 0 aliphatic carbocycles. The number of ether oxygens (including phenoxy) is 5. The number of aliphatic hydroxyl groups excluding tert-OH is 1. The largest absolute Gasteiger partial charge is 0.493 e. The van der Waals surface area contributed by atoms with Gasteiger partial charge in [-0.15, -0.1) is 0 Å². The molecule has 3 aliphatic rings. The SMILES string of the molecule is COc1ccc(CC[C@H]2OC(=O)[C@@H]3CCCCN3C(O)C(=O)C(C)(C)COC(=O)C=CCCN(C)C(=O)[C@H](CC(C)C)N(C)C(=O)[C@H]3CCCN3C(=O)[C@H](CC(=O)OC(C)(C)C)N(C)C(=O)C(c3ccccc3)NC(=O)CCC(=O)Nc3cccc2c3)cc1OC. The van der Waals surface area contributed by atoms with Gasteiger partial charge in [0.25, 0.3) is 0 Å². The van der Waals surface area contributed by atoms with Crippen molar-refractivity contribution < 1.29 is 76.7 Å². The molecule has 7 atom stereocenters. The Morgan fingerprint density at radius 2 is 1.41 bits per heavy atom. The van der Waals surface area contributed by atoms with E-state index in [9.17, 15) is 43.5 Å². The fourth-order valence-corrected chi connectivity index (χ4v) is 11.5. The number of esters is 3. The minimum atomic E-state index is -1.78. The number of rotatable bonds is 10. The lowest BCUT2D eigenvalue weighted by Crippen LogP contribution is -2.58. The van der Waals surface area contributed by atoms with E-state index in [2.05, 4.69) is 10.6 Å². The third-order valence-electron chi connectivity index (χ3n) is 16.6. The van der Waals surface area contributed by atoms with Crippen LogP contribution in [0.5, 0.6) is 11.5 Å². The maximum absolute atomic E-state index is 15.1. The van der Waals surface area contributed by atoms with E-state index in [1.165, 1.54) is 73.9 Å². The van der Waals surface area contributed by atoms with Crippen molar-refractivity contribution in [1.29, 1.82) is 0 Å². The summed E-state index contributed by atoms with van der Waals surface area (Å²) in [5.74, 6) is -5.74. The molecule has 0 aromatic heterocycles. The van der Waals surface area contributed by atoms with Gasteiger partial charge in [-0.2, -0.15) is 0 Å². The molecule has 3 N–H and O–H groups in total. The molecule has 23 heteroatoms. The highest BCUT2D eigenvalue weighted by molar-refractivity contribution is 5.98. The molecule has 3 heterocycles. The van der Waals surface area contributed by atoms with E-state index >= 15 is 9.59 Å². The second kappa shape index (κ2) is 32.7. The predicted octanol–water partition coefficient (Wildman–Crippen LogP) is 6.65. The summed E-state index contributed by atoms with van der Waals surface area (Å²) in [4.78, 5) is 149. The zero-order chi connectivity index (χ0) is 66.9. The van der Waals surface area contributed by atoms with Crippen LogP contribution in [0.3, 0.4) is 0 Å². The molecule has 2 bridgehead atoms. The van der Waals surface area contributed by atoms with Crippen LogP contribution in [0, 0.1) is 11.3 Å². The van der Waals surface area contributed by atoms with Crippen LogP contribution in [0.1, 0.15) is 148 Å². The standard InChI is InChI=1S/C68H93N7O16/c1-43(2)38-50-61(81)71(8)35-18-17-28-57(78)89-42-68(6,7)60(80)65(85)75-36-19-16-26-49(75)66(86)90-52(31-29-44-30-32-53(87-11)54(39-44)88-12)46-24-20-25-47(40-46)69-55(76)33-34-56(77)70-59(45-22-14-13-15-23-45)64(84)73(10)51(41-58(79)91-67(3,4)5)63(83)74-37-21-27-48(74)62(82)72(50)9/h13-15,17,20,22-25,28,30,32,39-40,43,48-52,59,65,85H,16,18-19,21,26-27,29,31,33-38,41-42H2,1-12H3,(H,69,76)(H,70,77)/t48-,49+,50+,51+,52-,59?,65?/m1/s1. The van der Waals surface area contributed by atoms with Gasteiger partial charge in [0.05, 0.1) is 26.1 Å². The average molecular weight is 1260 g/mol. The van der Waals surface area contributed by atoms with Gasteiger partial charge in [-0.3, -0.25) is 48.1 Å². The molecule has 3 aromatic carbocycles. The Bertz CT molecular complexity index is 3110. The number of piperidine rings is 1. The van der Waals surface area contributed by atoms with Crippen LogP contribution in [0.4, 0.5) is 5.69 Å². The van der Waals surface area contributed by atoms with Crippen LogP contribution in [-0.2, 0) is 68.6 Å². The number of fused-ring (bicyclic) bond motifs is 4. The van der Waals surface area contributed by atoms with Crippen molar-refractivity contribution in [3.05, 3.63) is 102 Å². The number of cyclic esters (lactones) is 2. The molecule has 496 valence electrons. The third kappa shape index (κ3) is 19.9. The maximum atomic E-state index is 15.1. The molecule has 6 amide bonds. The molecule has 0 spiro atoms. The highest BCUT2D eigenvalue weighted by Gasteiger charge is 2.46.